The molecular formula is C20H22N2O3S. The molecule has 1 fully saturated rings. The van der Waals surface area contributed by atoms with E-state index < -0.39 is 9.84 Å². The Morgan fingerprint density at radius 2 is 1.85 bits per heavy atom. The van der Waals surface area contributed by atoms with Crippen LogP contribution in [0.4, 0.5) is 0 Å². The Hall–Kier alpha value is -2.18. The minimum Gasteiger partial charge on any atom is -0.381 e. The average Bonchev–Trinajstić information content (AvgIpc) is 3.03. The molecule has 26 heavy (non-hydrogen) atoms. The van der Waals surface area contributed by atoms with Crippen LogP contribution in [0.15, 0.2) is 59.8 Å². The van der Waals surface area contributed by atoms with E-state index in [1.54, 1.807) is 0 Å². The number of imidazole rings is 1. The number of fused-ring (bicyclic) bond motifs is 1. The summed E-state index contributed by atoms with van der Waals surface area (Å²) in [5, 5.41) is 0.160. The summed E-state index contributed by atoms with van der Waals surface area (Å²) < 4.78 is 33.6. The van der Waals surface area contributed by atoms with Gasteiger partial charge >= 0.3 is 0 Å². The van der Waals surface area contributed by atoms with Crippen LogP contribution in [0.5, 0.6) is 0 Å². The fraction of sp³-hybridized carbons (Fsp3) is 0.350. The van der Waals surface area contributed by atoms with Gasteiger partial charge in [0.1, 0.15) is 0 Å². The quantitative estimate of drug-likeness (QED) is 0.691. The van der Waals surface area contributed by atoms with E-state index in [0.29, 0.717) is 18.7 Å². The monoisotopic (exact) mass is 370 g/mol. The molecule has 136 valence electrons. The molecule has 2 heterocycles. The van der Waals surface area contributed by atoms with Gasteiger partial charge in [-0.15, -0.1) is 0 Å². The molecule has 0 radical (unpaired) electrons. The lowest BCUT2D eigenvalue weighted by Crippen LogP contribution is -2.26. The lowest BCUT2D eigenvalue weighted by molar-refractivity contribution is 0.0625. The number of nitrogens with zero attached hydrogens (tertiary/aromatic N) is 2. The van der Waals surface area contributed by atoms with E-state index in [1.807, 2.05) is 59.2 Å². The molecule has 0 saturated carbocycles. The van der Waals surface area contributed by atoms with Crippen LogP contribution in [0, 0.1) is 5.92 Å². The smallest absolute Gasteiger partial charge is 0.229 e. The first kappa shape index (κ1) is 17.2. The molecule has 1 unspecified atom stereocenters. The van der Waals surface area contributed by atoms with Gasteiger partial charge < -0.3 is 9.30 Å². The molecule has 1 aromatic heterocycles. The molecule has 0 spiro atoms. The second-order valence-corrected chi connectivity index (χ2v) is 8.75. The molecular weight excluding hydrogens is 348 g/mol. The summed E-state index contributed by atoms with van der Waals surface area (Å²) in [5.41, 5.74) is 2.60. The van der Waals surface area contributed by atoms with Gasteiger partial charge in [-0.25, -0.2) is 13.4 Å². The first-order valence-corrected chi connectivity index (χ1v) is 10.6. The molecule has 1 atom stereocenters. The third-order valence-electron chi connectivity index (χ3n) is 4.79. The van der Waals surface area contributed by atoms with Gasteiger partial charge in [0.25, 0.3) is 0 Å². The van der Waals surface area contributed by atoms with Crippen LogP contribution in [0.2, 0.25) is 0 Å². The molecule has 1 aliphatic rings. The molecule has 0 bridgehead atoms. The summed E-state index contributed by atoms with van der Waals surface area (Å²) in [4.78, 5) is 4.48. The summed E-state index contributed by atoms with van der Waals surface area (Å²) in [5.74, 6) is 0.129. The zero-order valence-electron chi connectivity index (χ0n) is 14.5. The highest BCUT2D eigenvalue weighted by atomic mass is 32.2. The van der Waals surface area contributed by atoms with Gasteiger partial charge in [-0.1, -0.05) is 42.5 Å². The fourth-order valence-corrected chi connectivity index (χ4v) is 5.30. The van der Waals surface area contributed by atoms with Gasteiger partial charge in [-0.3, -0.25) is 0 Å². The summed E-state index contributed by atoms with van der Waals surface area (Å²) in [6.45, 7) is 1.72. The van der Waals surface area contributed by atoms with Crippen molar-refractivity contribution in [1.29, 1.82) is 0 Å². The molecule has 2 aromatic carbocycles. The van der Waals surface area contributed by atoms with Crippen LogP contribution < -0.4 is 0 Å². The van der Waals surface area contributed by atoms with E-state index in [9.17, 15) is 8.42 Å². The third kappa shape index (κ3) is 3.52. The number of benzene rings is 2. The topological polar surface area (TPSA) is 61.2 Å². The largest absolute Gasteiger partial charge is 0.381 e. The Morgan fingerprint density at radius 1 is 1.08 bits per heavy atom. The molecule has 4 rings (SSSR count). The van der Waals surface area contributed by atoms with Crippen molar-refractivity contribution >= 4 is 20.9 Å². The maximum Gasteiger partial charge on any atom is 0.229 e. The second-order valence-electron chi connectivity index (χ2n) is 6.82. The lowest BCUT2D eigenvalue weighted by Gasteiger charge is -2.21. The van der Waals surface area contributed by atoms with Crippen molar-refractivity contribution in [3.05, 3.63) is 60.2 Å². The number of para-hydroxylation sites is 2. The maximum atomic E-state index is 13.1. The molecule has 0 amide bonds. The van der Waals surface area contributed by atoms with Gasteiger partial charge in [0, 0.05) is 6.61 Å². The van der Waals surface area contributed by atoms with Gasteiger partial charge in [-0.05, 0) is 36.5 Å². The van der Waals surface area contributed by atoms with E-state index in [-0.39, 0.29) is 16.8 Å². The van der Waals surface area contributed by atoms with E-state index in [0.717, 1.165) is 30.5 Å². The summed E-state index contributed by atoms with van der Waals surface area (Å²) in [6.07, 6.45) is 1.80. The SMILES string of the molecule is O=S(=O)(CC1CCCOC1)c1nc2ccccc2n1Cc1ccccc1. The molecule has 3 aromatic rings. The molecule has 0 aliphatic carbocycles. The van der Waals surface area contributed by atoms with E-state index in [1.165, 1.54) is 0 Å². The Balaban J connectivity index is 1.74. The summed E-state index contributed by atoms with van der Waals surface area (Å²) >= 11 is 0. The van der Waals surface area contributed by atoms with Crippen molar-refractivity contribution in [2.45, 2.75) is 24.5 Å². The highest BCUT2D eigenvalue weighted by molar-refractivity contribution is 7.91. The van der Waals surface area contributed by atoms with Gasteiger partial charge in [0.05, 0.1) is 29.9 Å². The third-order valence-corrected chi connectivity index (χ3v) is 6.57. The van der Waals surface area contributed by atoms with Crippen molar-refractivity contribution in [2.24, 2.45) is 5.92 Å². The molecule has 1 aliphatic heterocycles. The minimum absolute atomic E-state index is 0.0405. The zero-order chi connectivity index (χ0) is 18.0. The average molecular weight is 370 g/mol. The lowest BCUT2D eigenvalue weighted by atomic mass is 10.1. The Labute approximate surface area is 153 Å². The predicted octanol–water partition coefficient (Wildman–Crippen LogP) is 3.28. The number of hydrogen-bond donors (Lipinski definition) is 0. The molecule has 1 saturated heterocycles. The number of hydrogen-bond acceptors (Lipinski definition) is 4. The van der Waals surface area contributed by atoms with Crippen LogP contribution in [-0.4, -0.2) is 36.9 Å². The van der Waals surface area contributed by atoms with Crippen LogP contribution >= 0.6 is 0 Å². The zero-order valence-corrected chi connectivity index (χ0v) is 15.4. The molecule has 0 N–H and O–H groups in total. The van der Waals surface area contributed by atoms with E-state index in [2.05, 4.69) is 4.98 Å². The van der Waals surface area contributed by atoms with Crippen molar-refractivity contribution in [3.8, 4) is 0 Å². The van der Waals surface area contributed by atoms with Crippen LogP contribution in [0.25, 0.3) is 11.0 Å². The molecule has 6 heteroatoms. The Kier molecular flexibility index (Phi) is 4.78. The van der Waals surface area contributed by atoms with Crippen molar-refractivity contribution in [2.75, 3.05) is 19.0 Å². The first-order chi connectivity index (χ1) is 12.6. The van der Waals surface area contributed by atoms with Crippen LogP contribution in [0.3, 0.4) is 0 Å². The van der Waals surface area contributed by atoms with Gasteiger partial charge in [0.15, 0.2) is 0 Å². The number of sulfone groups is 1. The Bertz CT molecular complexity index is 990. The standard InChI is InChI=1S/C20H22N2O3S/c23-26(24,15-17-9-6-12-25-14-17)20-21-18-10-4-5-11-19(18)22(20)13-16-7-2-1-3-8-16/h1-5,7-8,10-11,17H,6,9,12-15H2. The summed E-state index contributed by atoms with van der Waals surface area (Å²) in [6, 6.07) is 17.5. The highest BCUT2D eigenvalue weighted by Crippen LogP contribution is 2.25. The predicted molar refractivity (Wildman–Crippen MR) is 101 cm³/mol. The van der Waals surface area contributed by atoms with E-state index in [4.69, 9.17) is 4.74 Å². The second kappa shape index (κ2) is 7.21. The highest BCUT2D eigenvalue weighted by Gasteiger charge is 2.28. The minimum atomic E-state index is -3.50. The number of ether oxygens (including phenoxy) is 1. The van der Waals surface area contributed by atoms with Crippen LogP contribution in [-0.2, 0) is 21.1 Å². The van der Waals surface area contributed by atoms with Crippen molar-refractivity contribution in [1.82, 2.24) is 9.55 Å². The normalized spacial score (nSPS) is 18.2. The number of aromatic nitrogens is 2. The molecule has 5 nitrogen and oxygen atoms in total. The van der Waals surface area contributed by atoms with Crippen molar-refractivity contribution in [3.63, 3.8) is 0 Å². The first-order valence-electron chi connectivity index (χ1n) is 8.93. The maximum absolute atomic E-state index is 13.1. The summed E-state index contributed by atoms with van der Waals surface area (Å²) in [7, 11) is -3.50. The van der Waals surface area contributed by atoms with Gasteiger partial charge in [0.2, 0.25) is 15.0 Å². The van der Waals surface area contributed by atoms with Crippen molar-refractivity contribution < 1.29 is 13.2 Å². The number of rotatable bonds is 5. The van der Waals surface area contributed by atoms with E-state index >= 15 is 0 Å². The fourth-order valence-electron chi connectivity index (χ4n) is 3.53. The van der Waals surface area contributed by atoms with Crippen LogP contribution in [0.1, 0.15) is 18.4 Å². The Morgan fingerprint density at radius 3 is 2.62 bits per heavy atom. The van der Waals surface area contributed by atoms with Gasteiger partial charge in [-0.2, -0.15) is 0 Å².